The van der Waals surface area contributed by atoms with Crippen LogP contribution >= 0.6 is 0 Å². The van der Waals surface area contributed by atoms with E-state index in [1.165, 1.54) is 6.07 Å². The highest BCUT2D eigenvalue weighted by molar-refractivity contribution is 6.83. The van der Waals surface area contributed by atoms with Gasteiger partial charge in [-0.05, 0) is 6.07 Å². The van der Waals surface area contributed by atoms with Crippen molar-refractivity contribution in [3.8, 4) is 11.5 Å². The molecular formula is C13H15FN2Si. The van der Waals surface area contributed by atoms with Gasteiger partial charge in [0.1, 0.15) is 13.9 Å². The maximum Gasteiger partial charge on any atom is 0.141 e. The standard InChI is InChI=1S/C13H15FN2Si/c1-16-9-15-12-7-10(5-6-17(2,3)4)11(14)8-13(12)16/h7-9H,1-4H3. The predicted octanol–water partition coefficient (Wildman–Crippen LogP) is 2.94. The number of nitrogens with zero attached hydrogens (tertiary/aromatic N) is 2. The van der Waals surface area contributed by atoms with Crippen LogP contribution in [0.25, 0.3) is 11.0 Å². The van der Waals surface area contributed by atoms with E-state index in [0.717, 1.165) is 11.0 Å². The molecule has 2 aromatic rings. The van der Waals surface area contributed by atoms with Crippen molar-refractivity contribution in [2.24, 2.45) is 7.05 Å². The highest BCUT2D eigenvalue weighted by atomic mass is 28.3. The fourth-order valence-corrected chi connectivity index (χ4v) is 2.01. The molecule has 17 heavy (non-hydrogen) atoms. The summed E-state index contributed by atoms with van der Waals surface area (Å²) in [5.74, 6) is 2.67. The predicted molar refractivity (Wildman–Crippen MR) is 70.9 cm³/mol. The summed E-state index contributed by atoms with van der Waals surface area (Å²) in [7, 11) is 0.371. The van der Waals surface area contributed by atoms with Crippen LogP contribution in [0.5, 0.6) is 0 Å². The number of imidazole rings is 1. The minimum absolute atomic E-state index is 0.271. The molecule has 1 aromatic heterocycles. The van der Waals surface area contributed by atoms with Gasteiger partial charge >= 0.3 is 0 Å². The van der Waals surface area contributed by atoms with E-state index in [4.69, 9.17) is 0 Å². The van der Waals surface area contributed by atoms with Gasteiger partial charge in [0.05, 0.1) is 22.9 Å². The van der Waals surface area contributed by atoms with Gasteiger partial charge < -0.3 is 4.57 Å². The molecule has 4 heteroatoms. The van der Waals surface area contributed by atoms with Gasteiger partial charge in [0.2, 0.25) is 0 Å². The SMILES string of the molecule is Cn1cnc2cc(C#C[Si](C)(C)C)c(F)cc21. The molecule has 0 aliphatic rings. The van der Waals surface area contributed by atoms with Crippen LogP contribution in [-0.2, 0) is 7.05 Å². The van der Waals surface area contributed by atoms with Crippen LogP contribution in [0.4, 0.5) is 4.39 Å². The molecular weight excluding hydrogens is 231 g/mol. The number of hydrogen-bond acceptors (Lipinski definition) is 1. The van der Waals surface area contributed by atoms with E-state index < -0.39 is 8.07 Å². The number of aromatic nitrogens is 2. The third kappa shape index (κ3) is 2.56. The van der Waals surface area contributed by atoms with Crippen molar-refractivity contribution in [3.05, 3.63) is 29.8 Å². The van der Waals surface area contributed by atoms with Crippen molar-refractivity contribution in [1.29, 1.82) is 0 Å². The average molecular weight is 246 g/mol. The van der Waals surface area contributed by atoms with Crippen LogP contribution in [0.3, 0.4) is 0 Å². The van der Waals surface area contributed by atoms with Crippen molar-refractivity contribution >= 4 is 19.1 Å². The van der Waals surface area contributed by atoms with E-state index in [1.807, 2.05) is 7.05 Å². The first-order valence-electron chi connectivity index (χ1n) is 5.50. The minimum Gasteiger partial charge on any atom is -0.334 e. The molecule has 0 spiro atoms. The zero-order valence-electron chi connectivity index (χ0n) is 10.5. The lowest BCUT2D eigenvalue weighted by Crippen LogP contribution is -2.16. The lowest BCUT2D eigenvalue weighted by Gasteiger charge is -2.04. The quantitative estimate of drug-likeness (QED) is 0.516. The molecule has 0 aliphatic heterocycles. The molecule has 1 aromatic carbocycles. The van der Waals surface area contributed by atoms with Gasteiger partial charge in [-0.1, -0.05) is 25.6 Å². The molecule has 2 rings (SSSR count). The Kier molecular flexibility index (Phi) is 2.80. The van der Waals surface area contributed by atoms with Crippen molar-refractivity contribution in [2.75, 3.05) is 0 Å². The van der Waals surface area contributed by atoms with Gasteiger partial charge in [0.15, 0.2) is 0 Å². The normalized spacial score (nSPS) is 11.4. The van der Waals surface area contributed by atoms with Crippen LogP contribution < -0.4 is 0 Å². The van der Waals surface area contributed by atoms with Gasteiger partial charge in [-0.15, -0.1) is 5.54 Å². The topological polar surface area (TPSA) is 17.8 Å². The second kappa shape index (κ2) is 4.01. The summed E-state index contributed by atoms with van der Waals surface area (Å²) in [6.07, 6.45) is 1.68. The van der Waals surface area contributed by atoms with Crippen LogP contribution in [0, 0.1) is 17.3 Å². The molecule has 0 N–H and O–H groups in total. The third-order valence-corrected chi connectivity index (χ3v) is 3.26. The number of fused-ring (bicyclic) bond motifs is 1. The van der Waals surface area contributed by atoms with E-state index in [2.05, 4.69) is 36.1 Å². The first-order chi connectivity index (χ1) is 7.87. The summed E-state index contributed by atoms with van der Waals surface area (Å²) in [5.41, 5.74) is 5.19. The monoisotopic (exact) mass is 246 g/mol. The Hall–Kier alpha value is -1.60. The second-order valence-electron chi connectivity index (χ2n) is 5.18. The summed E-state index contributed by atoms with van der Waals surface area (Å²) in [6, 6.07) is 3.22. The molecule has 0 saturated carbocycles. The van der Waals surface area contributed by atoms with Crippen LogP contribution in [0.1, 0.15) is 5.56 Å². The fraction of sp³-hybridized carbons (Fsp3) is 0.308. The molecule has 0 saturated heterocycles. The molecule has 88 valence electrons. The van der Waals surface area contributed by atoms with Crippen LogP contribution in [0.15, 0.2) is 18.5 Å². The molecule has 0 unspecified atom stereocenters. The van der Waals surface area contributed by atoms with E-state index in [1.54, 1.807) is 17.0 Å². The molecule has 0 bridgehead atoms. The highest BCUT2D eigenvalue weighted by Crippen LogP contribution is 2.17. The Labute approximate surface area is 101 Å². The van der Waals surface area contributed by atoms with Crippen molar-refractivity contribution in [2.45, 2.75) is 19.6 Å². The molecule has 0 radical (unpaired) electrons. The Bertz CT molecular complexity index is 626. The van der Waals surface area contributed by atoms with Gasteiger partial charge in [-0.2, -0.15) is 0 Å². The van der Waals surface area contributed by atoms with Gasteiger partial charge in [-0.25, -0.2) is 9.37 Å². The fourth-order valence-electron chi connectivity index (χ4n) is 1.50. The third-order valence-electron chi connectivity index (χ3n) is 2.39. The average Bonchev–Trinajstić information content (AvgIpc) is 2.56. The number of hydrogen-bond donors (Lipinski definition) is 0. The zero-order valence-corrected chi connectivity index (χ0v) is 11.5. The molecule has 0 fully saturated rings. The molecule has 1 heterocycles. The molecule has 0 aliphatic carbocycles. The van der Waals surface area contributed by atoms with E-state index in [9.17, 15) is 4.39 Å². The van der Waals surface area contributed by atoms with E-state index in [-0.39, 0.29) is 5.82 Å². The molecule has 0 amide bonds. The van der Waals surface area contributed by atoms with E-state index in [0.29, 0.717) is 5.56 Å². The highest BCUT2D eigenvalue weighted by Gasteiger charge is 2.10. The number of aryl methyl sites for hydroxylation is 1. The number of halogens is 1. The summed E-state index contributed by atoms with van der Waals surface area (Å²) in [6.45, 7) is 6.41. The summed E-state index contributed by atoms with van der Waals surface area (Å²) in [4.78, 5) is 4.20. The van der Waals surface area contributed by atoms with Crippen molar-refractivity contribution in [3.63, 3.8) is 0 Å². The Morgan fingerprint density at radius 1 is 1.29 bits per heavy atom. The van der Waals surface area contributed by atoms with Gasteiger partial charge in [0.25, 0.3) is 0 Å². The second-order valence-corrected chi connectivity index (χ2v) is 9.93. The maximum atomic E-state index is 13.8. The van der Waals surface area contributed by atoms with Gasteiger partial charge in [-0.3, -0.25) is 0 Å². The van der Waals surface area contributed by atoms with Crippen molar-refractivity contribution < 1.29 is 4.39 Å². The Balaban J connectivity index is 2.55. The first kappa shape index (κ1) is 11.9. The Morgan fingerprint density at radius 3 is 2.65 bits per heavy atom. The summed E-state index contributed by atoms with van der Waals surface area (Å²) >= 11 is 0. The smallest absolute Gasteiger partial charge is 0.141 e. The minimum atomic E-state index is -1.48. The lowest BCUT2D eigenvalue weighted by atomic mass is 10.2. The maximum absolute atomic E-state index is 13.8. The lowest BCUT2D eigenvalue weighted by molar-refractivity contribution is 0.625. The number of rotatable bonds is 0. The van der Waals surface area contributed by atoms with Crippen LogP contribution in [0.2, 0.25) is 19.6 Å². The summed E-state index contributed by atoms with van der Waals surface area (Å²) < 4.78 is 15.6. The zero-order chi connectivity index (χ0) is 12.6. The molecule has 0 atom stereocenters. The van der Waals surface area contributed by atoms with E-state index >= 15 is 0 Å². The largest absolute Gasteiger partial charge is 0.334 e. The number of benzene rings is 1. The van der Waals surface area contributed by atoms with Crippen LogP contribution in [-0.4, -0.2) is 17.6 Å². The van der Waals surface area contributed by atoms with Gasteiger partial charge in [0, 0.05) is 13.1 Å². The van der Waals surface area contributed by atoms with Crippen molar-refractivity contribution in [1.82, 2.24) is 9.55 Å². The first-order valence-corrected chi connectivity index (χ1v) is 9.00. The molecule has 2 nitrogen and oxygen atoms in total. The Morgan fingerprint density at radius 2 is 2.00 bits per heavy atom. The summed E-state index contributed by atoms with van der Waals surface area (Å²) in [5, 5.41) is 0.